The Bertz CT molecular complexity index is 1260. The monoisotopic (exact) mass is 598 g/mol. The van der Waals surface area contributed by atoms with Crippen LogP contribution < -0.4 is 9.47 Å². The number of benzene rings is 2. The van der Waals surface area contributed by atoms with E-state index in [0.717, 1.165) is 51.9 Å². The molecule has 0 bridgehead atoms. The molecule has 0 aromatic heterocycles. The lowest BCUT2D eigenvalue weighted by Crippen LogP contribution is -2.30. The van der Waals surface area contributed by atoms with Gasteiger partial charge >= 0.3 is 0 Å². The summed E-state index contributed by atoms with van der Waals surface area (Å²) in [6.45, 7) is 7.04. The van der Waals surface area contributed by atoms with E-state index in [4.69, 9.17) is 14.2 Å². The van der Waals surface area contributed by atoms with Gasteiger partial charge in [-0.3, -0.25) is 9.59 Å². The number of ether oxygens (including phenoxy) is 3. The third-order valence-electron chi connectivity index (χ3n) is 7.26. The minimum atomic E-state index is -0.411. The van der Waals surface area contributed by atoms with E-state index in [0.29, 0.717) is 48.7 Å². The van der Waals surface area contributed by atoms with Crippen LogP contribution in [0.1, 0.15) is 73.6 Å². The van der Waals surface area contributed by atoms with Crippen molar-refractivity contribution in [2.45, 2.75) is 71.8 Å². The number of carbonyl (C=O) groups excluding carboxylic acids is 2. The molecule has 2 aromatic rings. The second-order valence-electron chi connectivity index (χ2n) is 9.73. The number of hydrogen-bond donors (Lipinski definition) is 0. The molecule has 36 heavy (non-hydrogen) atoms. The Morgan fingerprint density at radius 3 is 2.17 bits per heavy atom. The Morgan fingerprint density at radius 1 is 0.889 bits per heavy atom. The second kappa shape index (κ2) is 10.4. The Hall–Kier alpha value is -2.61. The highest BCUT2D eigenvalue weighted by Gasteiger charge is 2.42. The fourth-order valence-corrected chi connectivity index (χ4v) is 6.14. The largest absolute Gasteiger partial charge is 0.490 e. The van der Waals surface area contributed by atoms with Gasteiger partial charge in [0, 0.05) is 42.7 Å². The van der Waals surface area contributed by atoms with Crippen molar-refractivity contribution in [3.8, 4) is 11.5 Å². The highest BCUT2D eigenvalue weighted by molar-refractivity contribution is 14.1. The molecule has 0 atom stereocenters. The van der Waals surface area contributed by atoms with Crippen LogP contribution in [0.4, 0.5) is 0 Å². The molecule has 0 unspecified atom stereocenters. The first-order valence-corrected chi connectivity index (χ1v) is 13.8. The molecule has 0 amide bonds. The highest BCUT2D eigenvalue weighted by atomic mass is 127. The van der Waals surface area contributed by atoms with Gasteiger partial charge in [-0.25, -0.2) is 0 Å². The fraction of sp³-hybridized carbons (Fsp3) is 0.400. The van der Waals surface area contributed by atoms with E-state index < -0.39 is 5.92 Å². The van der Waals surface area contributed by atoms with Crippen LogP contribution in [0.2, 0.25) is 0 Å². The van der Waals surface area contributed by atoms with E-state index in [1.165, 1.54) is 11.1 Å². The van der Waals surface area contributed by atoms with Crippen LogP contribution in [0.15, 0.2) is 53.0 Å². The Kier molecular flexibility index (Phi) is 7.24. The van der Waals surface area contributed by atoms with Gasteiger partial charge in [0.25, 0.3) is 0 Å². The van der Waals surface area contributed by atoms with Gasteiger partial charge < -0.3 is 14.2 Å². The number of hydrogen-bond acceptors (Lipinski definition) is 5. The van der Waals surface area contributed by atoms with E-state index >= 15 is 0 Å². The Morgan fingerprint density at radius 2 is 1.56 bits per heavy atom. The molecule has 6 heteroatoms. The molecule has 1 heterocycles. The number of aryl methyl sites for hydroxylation is 2. The Balaban J connectivity index is 1.56. The summed E-state index contributed by atoms with van der Waals surface area (Å²) in [6.07, 6.45) is 4.01. The molecule has 2 aromatic carbocycles. The van der Waals surface area contributed by atoms with E-state index in [-0.39, 0.29) is 11.6 Å². The maximum atomic E-state index is 13.1. The molecule has 3 aliphatic rings. The lowest BCUT2D eigenvalue weighted by Gasteiger charge is -2.36. The summed E-state index contributed by atoms with van der Waals surface area (Å²) in [7, 11) is 0. The van der Waals surface area contributed by atoms with Gasteiger partial charge in [-0.15, -0.1) is 0 Å². The van der Waals surface area contributed by atoms with Crippen LogP contribution in [-0.4, -0.2) is 18.2 Å². The maximum absolute atomic E-state index is 13.1. The molecule has 0 fully saturated rings. The number of Topliss-reactive ketones (excluding diaryl/α,β-unsaturated/α-hetero) is 2. The summed E-state index contributed by atoms with van der Waals surface area (Å²) in [4.78, 5) is 26.3. The summed E-state index contributed by atoms with van der Waals surface area (Å²) in [5, 5.41) is 0. The summed E-state index contributed by atoms with van der Waals surface area (Å²) >= 11 is 2.27. The summed E-state index contributed by atoms with van der Waals surface area (Å²) in [5.41, 5.74) is 5.76. The summed E-state index contributed by atoms with van der Waals surface area (Å²) in [6, 6.07) is 10.3. The maximum Gasteiger partial charge on any atom is 0.174 e. The predicted molar refractivity (Wildman–Crippen MR) is 146 cm³/mol. The zero-order chi connectivity index (χ0) is 25.4. The molecule has 5 nitrogen and oxygen atoms in total. The van der Waals surface area contributed by atoms with Crippen molar-refractivity contribution in [3.63, 3.8) is 0 Å². The number of rotatable bonds is 6. The van der Waals surface area contributed by atoms with E-state index in [1.807, 2.05) is 19.1 Å². The van der Waals surface area contributed by atoms with Crippen LogP contribution in [0, 0.1) is 17.4 Å². The average molecular weight is 598 g/mol. The van der Waals surface area contributed by atoms with Gasteiger partial charge in [-0.1, -0.05) is 18.2 Å². The SMILES string of the molecule is CCOc1cc(C2C3=C(CCCC3=O)OC3=C2C(=O)CCC3)cc(I)c1OCc1ccc(C)c(C)c1. The molecule has 0 radical (unpaired) electrons. The van der Waals surface area contributed by atoms with Crippen LogP contribution in [-0.2, 0) is 20.9 Å². The van der Waals surface area contributed by atoms with Crippen LogP contribution in [0.5, 0.6) is 11.5 Å². The van der Waals surface area contributed by atoms with Crippen molar-refractivity contribution < 1.29 is 23.8 Å². The van der Waals surface area contributed by atoms with Crippen molar-refractivity contribution >= 4 is 34.2 Å². The molecule has 1 aliphatic heterocycles. The first-order chi connectivity index (χ1) is 17.4. The minimum Gasteiger partial charge on any atom is -0.490 e. The van der Waals surface area contributed by atoms with Crippen LogP contribution in [0.25, 0.3) is 0 Å². The van der Waals surface area contributed by atoms with Gasteiger partial charge in [0.05, 0.1) is 10.2 Å². The normalized spacial score (nSPS) is 18.1. The standard InChI is InChI=1S/C30H31IO5/c1-4-34-26-15-20(14-21(31)30(26)35-16-19-12-11-17(2)18(3)13-19)27-28-22(32)7-5-9-24(28)36-25-10-6-8-23(33)29(25)27/h11-15,27H,4-10,16H2,1-3H3. The molecule has 2 aliphatic carbocycles. The average Bonchev–Trinajstić information content (AvgIpc) is 2.85. The summed E-state index contributed by atoms with van der Waals surface area (Å²) in [5.74, 6) is 2.54. The van der Waals surface area contributed by atoms with Gasteiger partial charge in [0.2, 0.25) is 0 Å². The first kappa shape index (κ1) is 25.1. The second-order valence-corrected chi connectivity index (χ2v) is 10.9. The third kappa shape index (κ3) is 4.72. The van der Waals surface area contributed by atoms with Gasteiger partial charge in [-0.05, 0) is 90.6 Å². The van der Waals surface area contributed by atoms with E-state index in [2.05, 4.69) is 54.6 Å². The first-order valence-electron chi connectivity index (χ1n) is 12.7. The van der Waals surface area contributed by atoms with E-state index in [9.17, 15) is 9.59 Å². The van der Waals surface area contributed by atoms with Gasteiger partial charge in [0.15, 0.2) is 23.1 Å². The lowest BCUT2D eigenvalue weighted by molar-refractivity contribution is -0.117. The van der Waals surface area contributed by atoms with Gasteiger partial charge in [-0.2, -0.15) is 0 Å². The molecule has 0 N–H and O–H groups in total. The quantitative estimate of drug-likeness (QED) is 0.335. The number of halogens is 1. The van der Waals surface area contributed by atoms with Crippen molar-refractivity contribution in [2.24, 2.45) is 0 Å². The molecule has 5 rings (SSSR count). The van der Waals surface area contributed by atoms with Crippen LogP contribution in [0.3, 0.4) is 0 Å². The number of ketones is 2. The van der Waals surface area contributed by atoms with Crippen molar-refractivity contribution in [3.05, 3.63) is 78.8 Å². The molecule has 0 saturated carbocycles. The van der Waals surface area contributed by atoms with Crippen LogP contribution >= 0.6 is 22.6 Å². The smallest absolute Gasteiger partial charge is 0.174 e. The summed E-state index contributed by atoms with van der Waals surface area (Å²) < 4.78 is 19.4. The van der Waals surface area contributed by atoms with Crippen molar-refractivity contribution in [1.82, 2.24) is 0 Å². The topological polar surface area (TPSA) is 61.8 Å². The Labute approximate surface area is 226 Å². The zero-order valence-corrected chi connectivity index (χ0v) is 23.2. The number of allylic oxidation sites excluding steroid dienone is 4. The van der Waals surface area contributed by atoms with E-state index in [1.54, 1.807) is 0 Å². The van der Waals surface area contributed by atoms with Gasteiger partial charge in [0.1, 0.15) is 18.1 Å². The molecule has 0 saturated heterocycles. The molecule has 188 valence electrons. The third-order valence-corrected chi connectivity index (χ3v) is 8.06. The predicted octanol–water partition coefficient (Wildman–Crippen LogP) is 7.01. The molecular formula is C30H31IO5. The lowest BCUT2D eigenvalue weighted by atomic mass is 9.73. The highest BCUT2D eigenvalue weighted by Crippen LogP contribution is 2.49. The van der Waals surface area contributed by atoms with Crippen molar-refractivity contribution in [1.29, 1.82) is 0 Å². The fourth-order valence-electron chi connectivity index (χ4n) is 5.36. The molecular weight excluding hydrogens is 567 g/mol. The zero-order valence-electron chi connectivity index (χ0n) is 21.0. The minimum absolute atomic E-state index is 0.0780. The number of carbonyl (C=O) groups is 2. The van der Waals surface area contributed by atoms with Crippen molar-refractivity contribution in [2.75, 3.05) is 6.61 Å². The molecule has 0 spiro atoms.